The van der Waals surface area contributed by atoms with E-state index in [4.69, 9.17) is 14.6 Å². The van der Waals surface area contributed by atoms with Gasteiger partial charge in [-0.15, -0.1) is 0 Å². The lowest BCUT2D eigenvalue weighted by atomic mass is 10.1. The minimum Gasteiger partial charge on any atom is -0.486 e. The van der Waals surface area contributed by atoms with Crippen LogP contribution in [0.5, 0.6) is 11.5 Å². The Labute approximate surface area is 118 Å². The topological polar surface area (TPSA) is 67.8 Å². The number of carboxylic acids is 1. The Morgan fingerprint density at radius 1 is 1.15 bits per heavy atom. The first kappa shape index (κ1) is 14.7. The van der Waals surface area contributed by atoms with Gasteiger partial charge < -0.3 is 19.9 Å². The highest BCUT2D eigenvalue weighted by atomic mass is 16.6. The van der Waals surface area contributed by atoms with Crippen LogP contribution < -0.4 is 14.8 Å². The standard InChI is InChI=1S/C15H21NO4/c17-15(18)3-1-2-7-16-8-6-12-4-5-13-14(11-12)20-10-9-19-13/h4-5,11,16H,1-3,6-10H2,(H,17,18). The zero-order valence-corrected chi connectivity index (χ0v) is 11.6. The molecule has 0 aliphatic carbocycles. The molecule has 0 bridgehead atoms. The summed E-state index contributed by atoms with van der Waals surface area (Å²) in [4.78, 5) is 10.3. The van der Waals surface area contributed by atoms with Gasteiger partial charge in [-0.25, -0.2) is 0 Å². The van der Waals surface area contributed by atoms with Gasteiger partial charge in [0.25, 0.3) is 0 Å². The summed E-state index contributed by atoms with van der Waals surface area (Å²) >= 11 is 0. The molecule has 20 heavy (non-hydrogen) atoms. The van der Waals surface area contributed by atoms with Crippen molar-refractivity contribution in [1.29, 1.82) is 0 Å². The molecular formula is C15H21NO4. The second kappa shape index (κ2) is 7.75. The summed E-state index contributed by atoms with van der Waals surface area (Å²) in [5.74, 6) is 0.929. The Kier molecular flexibility index (Phi) is 5.68. The maximum Gasteiger partial charge on any atom is 0.303 e. The van der Waals surface area contributed by atoms with Gasteiger partial charge >= 0.3 is 5.97 Å². The fourth-order valence-corrected chi connectivity index (χ4v) is 2.13. The molecule has 1 aliphatic heterocycles. The number of aliphatic carboxylic acids is 1. The van der Waals surface area contributed by atoms with Gasteiger partial charge in [0.1, 0.15) is 13.2 Å². The van der Waals surface area contributed by atoms with Gasteiger partial charge in [0.15, 0.2) is 11.5 Å². The molecule has 0 fully saturated rings. The van der Waals surface area contributed by atoms with E-state index >= 15 is 0 Å². The van der Waals surface area contributed by atoms with Gasteiger partial charge in [-0.3, -0.25) is 4.79 Å². The highest BCUT2D eigenvalue weighted by Gasteiger charge is 2.11. The lowest BCUT2D eigenvalue weighted by Crippen LogP contribution is -2.19. The number of rotatable bonds is 8. The van der Waals surface area contributed by atoms with Crippen molar-refractivity contribution < 1.29 is 19.4 Å². The summed E-state index contributed by atoms with van der Waals surface area (Å²) in [7, 11) is 0. The molecule has 0 saturated heterocycles. The van der Waals surface area contributed by atoms with Gasteiger partial charge in [-0.05, 0) is 50.0 Å². The summed E-state index contributed by atoms with van der Waals surface area (Å²) in [6.45, 7) is 2.97. The molecule has 1 aliphatic rings. The first-order valence-corrected chi connectivity index (χ1v) is 7.07. The Bertz CT molecular complexity index is 447. The molecule has 0 spiro atoms. The molecule has 0 amide bonds. The number of unbranched alkanes of at least 4 members (excludes halogenated alkanes) is 1. The number of carboxylic acid groups (broad SMARTS) is 1. The van der Waals surface area contributed by atoms with Crippen LogP contribution in [0.1, 0.15) is 24.8 Å². The maximum absolute atomic E-state index is 10.3. The van der Waals surface area contributed by atoms with Crippen molar-refractivity contribution in [3.05, 3.63) is 23.8 Å². The molecule has 1 heterocycles. The molecule has 1 aromatic rings. The van der Waals surface area contributed by atoms with Crippen LogP contribution in [0.15, 0.2) is 18.2 Å². The second-order valence-electron chi connectivity index (χ2n) is 4.83. The van der Waals surface area contributed by atoms with Crippen LogP contribution >= 0.6 is 0 Å². The Morgan fingerprint density at radius 2 is 1.95 bits per heavy atom. The molecule has 1 aromatic carbocycles. The number of hydrogen-bond acceptors (Lipinski definition) is 4. The van der Waals surface area contributed by atoms with Gasteiger partial charge in [-0.2, -0.15) is 0 Å². The highest BCUT2D eigenvalue weighted by Crippen LogP contribution is 2.30. The van der Waals surface area contributed by atoms with E-state index < -0.39 is 5.97 Å². The highest BCUT2D eigenvalue weighted by molar-refractivity contribution is 5.66. The zero-order chi connectivity index (χ0) is 14.2. The average molecular weight is 279 g/mol. The lowest BCUT2D eigenvalue weighted by molar-refractivity contribution is -0.137. The van der Waals surface area contributed by atoms with Gasteiger partial charge in [0, 0.05) is 6.42 Å². The van der Waals surface area contributed by atoms with Crippen LogP contribution in [0.4, 0.5) is 0 Å². The minimum atomic E-state index is -0.721. The molecule has 0 saturated carbocycles. The van der Waals surface area contributed by atoms with E-state index in [1.165, 1.54) is 5.56 Å². The molecule has 110 valence electrons. The Hall–Kier alpha value is -1.75. The molecule has 5 heteroatoms. The predicted octanol–water partition coefficient (Wildman–Crippen LogP) is 1.84. The molecule has 5 nitrogen and oxygen atoms in total. The number of benzene rings is 1. The van der Waals surface area contributed by atoms with E-state index in [1.54, 1.807) is 0 Å². The van der Waals surface area contributed by atoms with E-state index in [2.05, 4.69) is 11.4 Å². The predicted molar refractivity (Wildman–Crippen MR) is 75.5 cm³/mol. The van der Waals surface area contributed by atoms with E-state index in [1.807, 2.05) is 12.1 Å². The molecule has 0 atom stereocenters. The molecule has 2 N–H and O–H groups in total. The number of nitrogens with one attached hydrogen (secondary N) is 1. The summed E-state index contributed by atoms with van der Waals surface area (Å²) in [6, 6.07) is 6.04. The van der Waals surface area contributed by atoms with Crippen molar-refractivity contribution in [2.45, 2.75) is 25.7 Å². The second-order valence-corrected chi connectivity index (χ2v) is 4.83. The van der Waals surface area contributed by atoms with E-state index in [-0.39, 0.29) is 6.42 Å². The quantitative estimate of drug-likeness (QED) is 0.711. The van der Waals surface area contributed by atoms with Gasteiger partial charge in [-0.1, -0.05) is 6.07 Å². The first-order chi connectivity index (χ1) is 9.75. The van der Waals surface area contributed by atoms with Crippen LogP contribution in [0.3, 0.4) is 0 Å². The van der Waals surface area contributed by atoms with E-state index in [9.17, 15) is 4.79 Å². The van der Waals surface area contributed by atoms with Crippen molar-refractivity contribution in [2.24, 2.45) is 0 Å². The fourth-order valence-electron chi connectivity index (χ4n) is 2.13. The van der Waals surface area contributed by atoms with Crippen LogP contribution in [-0.2, 0) is 11.2 Å². The Balaban J connectivity index is 1.63. The normalized spacial score (nSPS) is 13.2. The van der Waals surface area contributed by atoms with E-state index in [0.717, 1.165) is 43.9 Å². The smallest absolute Gasteiger partial charge is 0.303 e. The number of fused-ring (bicyclic) bond motifs is 1. The summed E-state index contributed by atoms with van der Waals surface area (Å²) < 4.78 is 11.0. The van der Waals surface area contributed by atoms with E-state index in [0.29, 0.717) is 13.2 Å². The lowest BCUT2D eigenvalue weighted by Gasteiger charge is -2.18. The molecule has 2 rings (SSSR count). The third kappa shape index (κ3) is 4.74. The van der Waals surface area contributed by atoms with Crippen molar-refractivity contribution in [2.75, 3.05) is 26.3 Å². The molecule has 0 aromatic heterocycles. The number of ether oxygens (including phenoxy) is 2. The largest absolute Gasteiger partial charge is 0.486 e. The van der Waals surface area contributed by atoms with Crippen molar-refractivity contribution in [1.82, 2.24) is 5.32 Å². The van der Waals surface area contributed by atoms with Crippen LogP contribution in [0, 0.1) is 0 Å². The van der Waals surface area contributed by atoms with Crippen molar-refractivity contribution >= 4 is 5.97 Å². The monoisotopic (exact) mass is 279 g/mol. The first-order valence-electron chi connectivity index (χ1n) is 7.07. The zero-order valence-electron chi connectivity index (χ0n) is 11.6. The molecule has 0 radical (unpaired) electrons. The van der Waals surface area contributed by atoms with Crippen molar-refractivity contribution in [3.63, 3.8) is 0 Å². The van der Waals surface area contributed by atoms with Crippen LogP contribution in [0.2, 0.25) is 0 Å². The Morgan fingerprint density at radius 3 is 2.75 bits per heavy atom. The van der Waals surface area contributed by atoms with Gasteiger partial charge in [0.05, 0.1) is 0 Å². The maximum atomic E-state index is 10.3. The average Bonchev–Trinajstić information content (AvgIpc) is 2.46. The molecule has 0 unspecified atom stereocenters. The molecular weight excluding hydrogens is 258 g/mol. The fraction of sp³-hybridized carbons (Fsp3) is 0.533. The summed E-state index contributed by atoms with van der Waals surface area (Å²) in [5.41, 5.74) is 1.22. The minimum absolute atomic E-state index is 0.254. The summed E-state index contributed by atoms with van der Waals surface area (Å²) in [5, 5.41) is 11.8. The SMILES string of the molecule is O=C(O)CCCCNCCc1ccc2c(c1)OCCO2. The van der Waals surface area contributed by atoms with Crippen LogP contribution in [-0.4, -0.2) is 37.4 Å². The van der Waals surface area contributed by atoms with Crippen molar-refractivity contribution in [3.8, 4) is 11.5 Å². The third-order valence-corrected chi connectivity index (χ3v) is 3.19. The van der Waals surface area contributed by atoms with Gasteiger partial charge in [0.2, 0.25) is 0 Å². The number of hydrogen-bond donors (Lipinski definition) is 2. The van der Waals surface area contributed by atoms with Crippen LogP contribution in [0.25, 0.3) is 0 Å². The number of carbonyl (C=O) groups is 1. The third-order valence-electron chi connectivity index (χ3n) is 3.19. The summed E-state index contributed by atoms with van der Waals surface area (Å²) in [6.07, 6.45) is 2.80.